The first-order valence-electron chi connectivity index (χ1n) is 9.87. The standard InChI is InChI=1S/C23H18ClFN6O3/c1-31-11-12(8-18(23(31)33)29-22(32)13-4-2-3-5-15(13)25)19-9-20(30-34-19)28-17-7-6-16(27)14(10-26)21(17)24/h2-11,26H,27H2,1H3,(H,28,30)(H,29,32). The first kappa shape index (κ1) is 22.7. The first-order chi connectivity index (χ1) is 16.3. The molecule has 2 heterocycles. The van der Waals surface area contributed by atoms with Crippen molar-refractivity contribution in [3.8, 4) is 11.3 Å². The SMILES string of the molecule is Cn1cc(-c2cc(Nc3ccc(N)c(C=N)c3Cl)no2)cc(NC(=O)c2ccccc2F)c1=O. The molecule has 1 amide bonds. The van der Waals surface area contributed by atoms with Gasteiger partial charge in [-0.15, -0.1) is 0 Å². The molecule has 0 bridgehead atoms. The number of anilines is 4. The van der Waals surface area contributed by atoms with Gasteiger partial charge in [0.1, 0.15) is 11.5 Å². The molecule has 11 heteroatoms. The van der Waals surface area contributed by atoms with Crippen LogP contribution in [-0.2, 0) is 7.05 Å². The summed E-state index contributed by atoms with van der Waals surface area (Å²) in [6, 6.07) is 11.7. The Hall–Kier alpha value is -4.44. The zero-order valence-corrected chi connectivity index (χ0v) is 18.5. The van der Waals surface area contributed by atoms with Crippen LogP contribution in [0.3, 0.4) is 0 Å². The third-order valence-electron chi connectivity index (χ3n) is 4.97. The van der Waals surface area contributed by atoms with Crippen molar-refractivity contribution < 1.29 is 13.7 Å². The maximum atomic E-state index is 13.9. The molecule has 0 atom stereocenters. The van der Waals surface area contributed by atoms with Gasteiger partial charge in [0.2, 0.25) is 0 Å². The van der Waals surface area contributed by atoms with Crippen molar-refractivity contribution in [3.63, 3.8) is 0 Å². The van der Waals surface area contributed by atoms with Gasteiger partial charge in [0.05, 0.1) is 16.3 Å². The van der Waals surface area contributed by atoms with Gasteiger partial charge in [0, 0.05) is 42.3 Å². The molecule has 2 aromatic carbocycles. The van der Waals surface area contributed by atoms with Crippen LogP contribution >= 0.6 is 11.6 Å². The Morgan fingerprint density at radius 2 is 2.00 bits per heavy atom. The Balaban J connectivity index is 1.62. The molecule has 0 saturated heterocycles. The molecule has 34 heavy (non-hydrogen) atoms. The highest BCUT2D eigenvalue weighted by molar-refractivity contribution is 6.36. The Morgan fingerprint density at radius 1 is 1.24 bits per heavy atom. The van der Waals surface area contributed by atoms with Gasteiger partial charge in [0.15, 0.2) is 11.6 Å². The normalized spacial score (nSPS) is 10.7. The number of nitrogens with zero attached hydrogens (tertiary/aromatic N) is 2. The lowest BCUT2D eigenvalue weighted by atomic mass is 10.1. The average Bonchev–Trinajstić information content (AvgIpc) is 3.28. The summed E-state index contributed by atoms with van der Waals surface area (Å²) in [4.78, 5) is 25.0. The average molecular weight is 481 g/mol. The van der Waals surface area contributed by atoms with Gasteiger partial charge in [-0.2, -0.15) is 0 Å². The third kappa shape index (κ3) is 4.39. The van der Waals surface area contributed by atoms with Crippen molar-refractivity contribution in [1.29, 1.82) is 5.41 Å². The number of aromatic nitrogens is 2. The predicted octanol–water partition coefficient (Wildman–Crippen LogP) is 4.41. The summed E-state index contributed by atoms with van der Waals surface area (Å²) in [7, 11) is 1.51. The highest BCUT2D eigenvalue weighted by Gasteiger charge is 2.17. The van der Waals surface area contributed by atoms with Gasteiger partial charge < -0.3 is 30.9 Å². The molecule has 5 N–H and O–H groups in total. The van der Waals surface area contributed by atoms with E-state index in [4.69, 9.17) is 27.3 Å². The van der Waals surface area contributed by atoms with Gasteiger partial charge >= 0.3 is 0 Å². The predicted molar refractivity (Wildman–Crippen MR) is 129 cm³/mol. The van der Waals surface area contributed by atoms with Crippen LogP contribution in [-0.4, -0.2) is 21.8 Å². The van der Waals surface area contributed by atoms with Crippen LogP contribution in [0, 0.1) is 11.2 Å². The van der Waals surface area contributed by atoms with Gasteiger partial charge in [0.25, 0.3) is 11.5 Å². The van der Waals surface area contributed by atoms with Crippen molar-refractivity contribution in [3.05, 3.63) is 87.0 Å². The maximum Gasteiger partial charge on any atom is 0.274 e. The minimum absolute atomic E-state index is 0.0589. The fourth-order valence-electron chi connectivity index (χ4n) is 3.23. The quantitative estimate of drug-likeness (QED) is 0.238. The minimum atomic E-state index is -0.757. The second kappa shape index (κ2) is 9.20. The monoisotopic (exact) mass is 480 g/mol. The number of halogens is 2. The molecule has 0 aliphatic carbocycles. The molecule has 2 aromatic heterocycles. The maximum absolute atomic E-state index is 13.9. The summed E-state index contributed by atoms with van der Waals surface area (Å²) in [5.74, 6) is -0.861. The Morgan fingerprint density at radius 3 is 2.74 bits per heavy atom. The number of amides is 1. The van der Waals surface area contributed by atoms with Crippen LogP contribution in [0.15, 0.2) is 64.0 Å². The van der Waals surface area contributed by atoms with Gasteiger partial charge in [-0.05, 0) is 30.3 Å². The summed E-state index contributed by atoms with van der Waals surface area (Å²) in [6.07, 6.45) is 2.56. The second-order valence-corrected chi connectivity index (χ2v) is 7.65. The van der Waals surface area contributed by atoms with Crippen LogP contribution in [0.25, 0.3) is 11.3 Å². The summed E-state index contributed by atoms with van der Waals surface area (Å²) < 4.78 is 20.6. The number of aryl methyl sites for hydroxylation is 1. The molecule has 9 nitrogen and oxygen atoms in total. The first-order valence-corrected chi connectivity index (χ1v) is 10.3. The molecule has 4 rings (SSSR count). The van der Waals surface area contributed by atoms with Crippen LogP contribution in [0.5, 0.6) is 0 Å². The number of nitrogen functional groups attached to an aromatic ring is 1. The number of hydrogen-bond acceptors (Lipinski definition) is 7. The summed E-state index contributed by atoms with van der Waals surface area (Å²) in [6.45, 7) is 0. The van der Waals surface area contributed by atoms with E-state index in [1.165, 1.54) is 42.1 Å². The molecule has 0 saturated carbocycles. The number of benzene rings is 2. The van der Waals surface area contributed by atoms with E-state index in [9.17, 15) is 14.0 Å². The lowest BCUT2D eigenvalue weighted by Gasteiger charge is -2.09. The fourth-order valence-corrected chi connectivity index (χ4v) is 3.50. The lowest BCUT2D eigenvalue weighted by molar-refractivity contribution is 0.102. The number of rotatable bonds is 6. The Kier molecular flexibility index (Phi) is 6.15. The van der Waals surface area contributed by atoms with Crippen LogP contribution in [0.2, 0.25) is 5.02 Å². The lowest BCUT2D eigenvalue weighted by Crippen LogP contribution is -2.24. The number of carbonyl (C=O) groups is 1. The molecule has 0 fully saturated rings. The molecule has 0 radical (unpaired) electrons. The number of nitrogens with one attached hydrogen (secondary N) is 3. The number of pyridine rings is 1. The van der Waals surface area contributed by atoms with E-state index < -0.39 is 17.3 Å². The van der Waals surface area contributed by atoms with E-state index in [2.05, 4.69) is 15.8 Å². The van der Waals surface area contributed by atoms with Crippen molar-refractivity contribution in [2.24, 2.45) is 7.05 Å². The number of nitrogens with two attached hydrogens (primary N) is 1. The minimum Gasteiger partial charge on any atom is -0.398 e. The summed E-state index contributed by atoms with van der Waals surface area (Å²) in [5, 5.41) is 17.1. The van der Waals surface area contributed by atoms with Crippen molar-refractivity contribution >= 4 is 46.6 Å². The van der Waals surface area contributed by atoms with E-state index in [0.29, 0.717) is 34.1 Å². The third-order valence-corrected chi connectivity index (χ3v) is 5.37. The van der Waals surface area contributed by atoms with E-state index >= 15 is 0 Å². The smallest absolute Gasteiger partial charge is 0.274 e. The largest absolute Gasteiger partial charge is 0.398 e. The Labute approximate surface area is 197 Å². The van der Waals surface area contributed by atoms with E-state index in [-0.39, 0.29) is 16.3 Å². The van der Waals surface area contributed by atoms with Crippen molar-refractivity contribution in [2.45, 2.75) is 0 Å². The summed E-state index contributed by atoms with van der Waals surface area (Å²) >= 11 is 6.30. The summed E-state index contributed by atoms with van der Waals surface area (Å²) in [5.41, 5.74) is 6.72. The van der Waals surface area contributed by atoms with Crippen LogP contribution in [0.4, 0.5) is 27.3 Å². The van der Waals surface area contributed by atoms with Crippen LogP contribution in [0.1, 0.15) is 15.9 Å². The number of carbonyl (C=O) groups excluding carboxylic acids is 1. The highest BCUT2D eigenvalue weighted by atomic mass is 35.5. The molecular weight excluding hydrogens is 463 g/mol. The highest BCUT2D eigenvalue weighted by Crippen LogP contribution is 2.32. The van der Waals surface area contributed by atoms with Crippen molar-refractivity contribution in [1.82, 2.24) is 9.72 Å². The fraction of sp³-hybridized carbons (Fsp3) is 0.0435. The molecule has 0 spiro atoms. The van der Waals surface area contributed by atoms with Gasteiger partial charge in [-0.25, -0.2) is 4.39 Å². The van der Waals surface area contributed by atoms with Gasteiger partial charge in [-0.3, -0.25) is 9.59 Å². The molecule has 0 aliphatic rings. The molecule has 0 unspecified atom stereocenters. The molecule has 4 aromatic rings. The zero-order valence-electron chi connectivity index (χ0n) is 17.7. The van der Waals surface area contributed by atoms with E-state index in [0.717, 1.165) is 12.3 Å². The van der Waals surface area contributed by atoms with Crippen LogP contribution < -0.4 is 21.9 Å². The second-order valence-electron chi connectivity index (χ2n) is 7.27. The van der Waals surface area contributed by atoms with Crippen molar-refractivity contribution in [2.75, 3.05) is 16.4 Å². The zero-order chi connectivity index (χ0) is 24.4. The number of hydrogen-bond donors (Lipinski definition) is 4. The molecule has 172 valence electrons. The van der Waals surface area contributed by atoms with E-state index in [1.807, 2.05) is 0 Å². The Bertz CT molecular complexity index is 1480. The van der Waals surface area contributed by atoms with E-state index in [1.54, 1.807) is 18.2 Å². The van der Waals surface area contributed by atoms with Gasteiger partial charge in [-0.1, -0.05) is 28.9 Å². The molecule has 0 aliphatic heterocycles. The topological polar surface area (TPSA) is 139 Å². The molecular formula is C23H18ClFN6O3.